The predicted molar refractivity (Wildman–Crippen MR) is 55.7 cm³/mol. The largest absolute Gasteiger partial charge is 0.326 e. The van der Waals surface area contributed by atoms with Gasteiger partial charge in [0.1, 0.15) is 0 Å². The normalized spacial score (nSPS) is 10.8. The highest BCUT2D eigenvalue weighted by Gasteiger charge is 2.07. The quantitative estimate of drug-likeness (QED) is 0.810. The molecular weight excluding hydrogens is 184 g/mol. The minimum Gasteiger partial charge on any atom is -0.326 e. The SMILES string of the molecule is CC(C)Cc1cncc(Cl)c1CN. The molecule has 0 aliphatic rings. The molecule has 0 aromatic carbocycles. The Hall–Kier alpha value is -0.600. The van der Waals surface area contributed by atoms with Crippen molar-refractivity contribution in [2.45, 2.75) is 26.8 Å². The van der Waals surface area contributed by atoms with Crippen molar-refractivity contribution in [3.05, 3.63) is 28.5 Å². The standard InChI is InChI=1S/C10H15ClN2/c1-7(2)3-8-5-13-6-10(11)9(8)4-12/h5-7H,3-4,12H2,1-2H3. The Morgan fingerprint density at radius 2 is 2.15 bits per heavy atom. The van der Waals surface area contributed by atoms with Crippen molar-refractivity contribution in [3.8, 4) is 0 Å². The molecule has 0 bridgehead atoms. The number of aromatic nitrogens is 1. The van der Waals surface area contributed by atoms with Crippen molar-refractivity contribution in [1.29, 1.82) is 0 Å². The van der Waals surface area contributed by atoms with Crippen molar-refractivity contribution < 1.29 is 0 Å². The minimum atomic E-state index is 0.489. The summed E-state index contributed by atoms with van der Waals surface area (Å²) in [5.74, 6) is 0.602. The van der Waals surface area contributed by atoms with Gasteiger partial charge in [-0.05, 0) is 23.5 Å². The van der Waals surface area contributed by atoms with Crippen LogP contribution >= 0.6 is 11.6 Å². The van der Waals surface area contributed by atoms with Crippen LogP contribution in [0.5, 0.6) is 0 Å². The summed E-state index contributed by atoms with van der Waals surface area (Å²) in [5, 5.41) is 0.681. The molecule has 0 atom stereocenters. The van der Waals surface area contributed by atoms with Crippen LogP contribution in [0.1, 0.15) is 25.0 Å². The first-order valence-electron chi connectivity index (χ1n) is 4.46. The second-order valence-electron chi connectivity index (χ2n) is 3.56. The molecule has 0 radical (unpaired) electrons. The number of pyridine rings is 1. The van der Waals surface area contributed by atoms with E-state index in [1.165, 1.54) is 5.56 Å². The Bertz CT molecular complexity index is 284. The van der Waals surface area contributed by atoms with Crippen LogP contribution in [-0.2, 0) is 13.0 Å². The maximum Gasteiger partial charge on any atom is 0.0636 e. The molecule has 72 valence electrons. The van der Waals surface area contributed by atoms with Gasteiger partial charge in [-0.25, -0.2) is 0 Å². The molecule has 1 aromatic heterocycles. The van der Waals surface area contributed by atoms with E-state index in [1.807, 2.05) is 6.20 Å². The molecule has 0 saturated carbocycles. The molecule has 13 heavy (non-hydrogen) atoms. The first-order chi connectivity index (χ1) is 6.15. The van der Waals surface area contributed by atoms with Crippen molar-refractivity contribution in [3.63, 3.8) is 0 Å². The van der Waals surface area contributed by atoms with E-state index in [4.69, 9.17) is 17.3 Å². The van der Waals surface area contributed by atoms with E-state index >= 15 is 0 Å². The van der Waals surface area contributed by atoms with Crippen LogP contribution < -0.4 is 5.73 Å². The van der Waals surface area contributed by atoms with Crippen LogP contribution in [-0.4, -0.2) is 4.98 Å². The number of nitrogens with zero attached hydrogens (tertiary/aromatic N) is 1. The fraction of sp³-hybridized carbons (Fsp3) is 0.500. The molecular formula is C10H15ClN2. The Morgan fingerprint density at radius 1 is 1.46 bits per heavy atom. The zero-order valence-electron chi connectivity index (χ0n) is 8.05. The van der Waals surface area contributed by atoms with Crippen LogP contribution in [0.15, 0.2) is 12.4 Å². The van der Waals surface area contributed by atoms with Crippen LogP contribution in [0.3, 0.4) is 0 Å². The van der Waals surface area contributed by atoms with Crippen LogP contribution in [0.4, 0.5) is 0 Å². The van der Waals surface area contributed by atoms with Gasteiger partial charge in [0.25, 0.3) is 0 Å². The number of nitrogens with two attached hydrogens (primary N) is 1. The van der Waals surface area contributed by atoms with Gasteiger partial charge in [-0.15, -0.1) is 0 Å². The lowest BCUT2D eigenvalue weighted by molar-refractivity contribution is 0.641. The van der Waals surface area contributed by atoms with E-state index in [-0.39, 0.29) is 0 Å². The van der Waals surface area contributed by atoms with E-state index in [9.17, 15) is 0 Å². The van der Waals surface area contributed by atoms with Crippen molar-refractivity contribution in [2.75, 3.05) is 0 Å². The lowest BCUT2D eigenvalue weighted by atomic mass is 10.0. The zero-order chi connectivity index (χ0) is 9.84. The van der Waals surface area contributed by atoms with Gasteiger partial charge in [0.05, 0.1) is 5.02 Å². The summed E-state index contributed by atoms with van der Waals surface area (Å²) < 4.78 is 0. The molecule has 1 aromatic rings. The van der Waals surface area contributed by atoms with Gasteiger partial charge in [-0.2, -0.15) is 0 Å². The van der Waals surface area contributed by atoms with Gasteiger partial charge in [0.15, 0.2) is 0 Å². The van der Waals surface area contributed by atoms with Gasteiger partial charge in [0.2, 0.25) is 0 Å². The van der Waals surface area contributed by atoms with Gasteiger partial charge in [-0.3, -0.25) is 4.98 Å². The van der Waals surface area contributed by atoms with Gasteiger partial charge < -0.3 is 5.73 Å². The molecule has 1 rings (SSSR count). The third-order valence-corrected chi connectivity index (χ3v) is 2.25. The number of rotatable bonds is 3. The third-order valence-electron chi connectivity index (χ3n) is 1.93. The summed E-state index contributed by atoms with van der Waals surface area (Å²) in [5.41, 5.74) is 7.82. The lowest BCUT2D eigenvalue weighted by Crippen LogP contribution is -2.05. The van der Waals surface area contributed by atoms with Gasteiger partial charge >= 0.3 is 0 Å². The molecule has 0 spiro atoms. The summed E-state index contributed by atoms with van der Waals surface area (Å²) >= 11 is 5.97. The molecule has 2 N–H and O–H groups in total. The maximum atomic E-state index is 5.97. The highest BCUT2D eigenvalue weighted by atomic mass is 35.5. The monoisotopic (exact) mass is 198 g/mol. The van der Waals surface area contributed by atoms with Crippen molar-refractivity contribution in [2.24, 2.45) is 11.7 Å². The first kappa shape index (κ1) is 10.5. The fourth-order valence-corrected chi connectivity index (χ4v) is 1.60. The summed E-state index contributed by atoms with van der Waals surface area (Å²) in [6.07, 6.45) is 4.49. The van der Waals surface area contributed by atoms with Crippen LogP contribution in [0.2, 0.25) is 5.02 Å². The summed E-state index contributed by atoms with van der Waals surface area (Å²) in [4.78, 5) is 4.06. The van der Waals surface area contributed by atoms with E-state index in [2.05, 4.69) is 18.8 Å². The third kappa shape index (κ3) is 2.68. The smallest absolute Gasteiger partial charge is 0.0636 e. The summed E-state index contributed by atoms with van der Waals surface area (Å²) in [6, 6.07) is 0. The Labute approximate surface area is 84.1 Å². The Balaban J connectivity index is 2.98. The minimum absolute atomic E-state index is 0.489. The van der Waals surface area contributed by atoms with E-state index in [1.54, 1.807) is 6.20 Å². The molecule has 3 heteroatoms. The molecule has 0 aliphatic carbocycles. The number of hydrogen-bond acceptors (Lipinski definition) is 2. The number of hydrogen-bond donors (Lipinski definition) is 1. The lowest BCUT2D eigenvalue weighted by Gasteiger charge is -2.10. The zero-order valence-corrected chi connectivity index (χ0v) is 8.80. The summed E-state index contributed by atoms with van der Waals surface area (Å²) in [6.45, 7) is 4.83. The molecule has 0 saturated heterocycles. The average molecular weight is 199 g/mol. The van der Waals surface area contributed by atoms with Crippen LogP contribution in [0.25, 0.3) is 0 Å². The molecule has 0 fully saturated rings. The van der Waals surface area contributed by atoms with Crippen molar-refractivity contribution >= 4 is 11.6 Å². The molecule has 1 heterocycles. The molecule has 0 aliphatic heterocycles. The van der Waals surface area contributed by atoms with Crippen LogP contribution in [0, 0.1) is 5.92 Å². The van der Waals surface area contributed by atoms with E-state index in [0.29, 0.717) is 17.5 Å². The Kier molecular flexibility index (Phi) is 3.70. The maximum absolute atomic E-state index is 5.97. The van der Waals surface area contributed by atoms with Gasteiger partial charge in [0, 0.05) is 18.9 Å². The second kappa shape index (κ2) is 4.58. The average Bonchev–Trinajstić information content (AvgIpc) is 2.03. The highest BCUT2D eigenvalue weighted by molar-refractivity contribution is 6.31. The van der Waals surface area contributed by atoms with Gasteiger partial charge in [-0.1, -0.05) is 25.4 Å². The summed E-state index contributed by atoms with van der Waals surface area (Å²) in [7, 11) is 0. The fourth-order valence-electron chi connectivity index (χ4n) is 1.35. The van der Waals surface area contributed by atoms with E-state index in [0.717, 1.165) is 12.0 Å². The second-order valence-corrected chi connectivity index (χ2v) is 3.97. The predicted octanol–water partition coefficient (Wildman–Crippen LogP) is 2.39. The molecule has 2 nitrogen and oxygen atoms in total. The number of halogens is 1. The Morgan fingerprint density at radius 3 is 2.69 bits per heavy atom. The topological polar surface area (TPSA) is 38.9 Å². The molecule has 0 amide bonds. The van der Waals surface area contributed by atoms with E-state index < -0.39 is 0 Å². The first-order valence-corrected chi connectivity index (χ1v) is 4.84. The molecule has 0 unspecified atom stereocenters. The highest BCUT2D eigenvalue weighted by Crippen LogP contribution is 2.20. The van der Waals surface area contributed by atoms with Crippen molar-refractivity contribution in [1.82, 2.24) is 4.98 Å².